The summed E-state index contributed by atoms with van der Waals surface area (Å²) in [6.45, 7) is 4.42. The summed E-state index contributed by atoms with van der Waals surface area (Å²) in [6.07, 6.45) is 45.1. The average molecular weight is 843 g/mol. The van der Waals surface area contributed by atoms with Crippen LogP contribution in [0.1, 0.15) is 219 Å². The van der Waals surface area contributed by atoms with Crippen molar-refractivity contribution in [2.75, 3.05) is 47.5 Å². The minimum atomic E-state index is -4.37. The van der Waals surface area contributed by atoms with Gasteiger partial charge >= 0.3 is 19.8 Å². The third kappa shape index (κ3) is 44.1. The molecule has 58 heavy (non-hydrogen) atoms. The van der Waals surface area contributed by atoms with Crippen LogP contribution in [0.25, 0.3) is 0 Å². The fourth-order valence-electron chi connectivity index (χ4n) is 6.69. The molecule has 0 saturated heterocycles. The Morgan fingerprint density at radius 1 is 0.534 bits per heavy atom. The maximum atomic E-state index is 12.7. The lowest BCUT2D eigenvalue weighted by Gasteiger charge is -2.24. The van der Waals surface area contributed by atoms with Gasteiger partial charge in [-0.2, -0.15) is 0 Å². The summed E-state index contributed by atoms with van der Waals surface area (Å²) in [5.41, 5.74) is 0. The monoisotopic (exact) mass is 843 g/mol. The second-order valence-corrected chi connectivity index (χ2v) is 19.0. The molecule has 0 heterocycles. The Morgan fingerprint density at radius 2 is 0.931 bits per heavy atom. The van der Waals surface area contributed by atoms with Crippen LogP contribution in [0.3, 0.4) is 0 Å². The number of nitrogens with zero attached hydrogens (tertiary/aromatic N) is 1. The first-order valence-electron chi connectivity index (χ1n) is 24.1. The molecule has 0 fully saturated rings. The number of hydrogen-bond donors (Lipinski definition) is 1. The van der Waals surface area contributed by atoms with E-state index in [9.17, 15) is 19.0 Å². The van der Waals surface area contributed by atoms with Crippen molar-refractivity contribution in [3.63, 3.8) is 0 Å². The van der Waals surface area contributed by atoms with Gasteiger partial charge in [0.05, 0.1) is 27.7 Å². The fourth-order valence-corrected chi connectivity index (χ4v) is 7.43. The summed E-state index contributed by atoms with van der Waals surface area (Å²) in [5.74, 6) is -0.793. The number of phosphoric acid groups is 1. The molecule has 0 aliphatic carbocycles. The van der Waals surface area contributed by atoms with Crippen molar-refractivity contribution in [1.29, 1.82) is 0 Å². The van der Waals surface area contributed by atoms with Gasteiger partial charge in [-0.15, -0.1) is 0 Å². The Bertz CT molecular complexity index is 1040. The van der Waals surface area contributed by atoms with Gasteiger partial charge in [-0.25, -0.2) is 4.57 Å². The molecule has 0 saturated carbocycles. The standard InChI is InChI=1S/C48H92NO8P/c1-6-8-10-12-14-16-18-19-20-21-22-23-24-25-26-27-28-29-31-33-35-37-39-41-48(51)57-46(45-56-58(52,53)55-43-42-49(3,4)5)44-54-47(50)40-38-36-34-32-30-17-15-13-11-9-7-2/h18-19,21-22,46H,6-17,20,23-45H2,1-5H3/p+1/b19-18-,22-21-. The van der Waals surface area contributed by atoms with Crippen LogP contribution in [-0.4, -0.2) is 74.9 Å². The lowest BCUT2D eigenvalue weighted by atomic mass is 10.0. The van der Waals surface area contributed by atoms with Crippen LogP contribution in [-0.2, 0) is 32.7 Å². The van der Waals surface area contributed by atoms with E-state index in [2.05, 4.69) is 38.2 Å². The van der Waals surface area contributed by atoms with Crippen LogP contribution in [0.15, 0.2) is 24.3 Å². The molecule has 2 unspecified atom stereocenters. The molecule has 0 aliphatic rings. The molecule has 0 amide bonds. The van der Waals surface area contributed by atoms with Crippen LogP contribution in [0.4, 0.5) is 0 Å². The van der Waals surface area contributed by atoms with E-state index in [4.69, 9.17) is 18.5 Å². The van der Waals surface area contributed by atoms with Gasteiger partial charge < -0.3 is 18.9 Å². The number of ether oxygens (including phenoxy) is 2. The second kappa shape index (κ2) is 40.9. The van der Waals surface area contributed by atoms with Gasteiger partial charge in [0, 0.05) is 12.8 Å². The SMILES string of the molecule is CCCCCCC/C=C\C/C=C\CCCCCCCCCCCCCC(=O)OC(COC(=O)CCCCCCCCCCCCC)COP(=O)(O)OCC[N+](C)(C)C. The molecular formula is C48H93NO8P+. The van der Waals surface area contributed by atoms with E-state index in [1.165, 1.54) is 148 Å². The summed E-state index contributed by atoms with van der Waals surface area (Å²) in [4.78, 5) is 35.4. The molecule has 0 aliphatic heterocycles. The Labute approximate surface area is 358 Å². The van der Waals surface area contributed by atoms with Gasteiger partial charge in [0.25, 0.3) is 0 Å². The van der Waals surface area contributed by atoms with Crippen molar-refractivity contribution < 1.29 is 42.1 Å². The number of carbonyl (C=O) groups is 2. The summed E-state index contributed by atoms with van der Waals surface area (Å²) in [6, 6.07) is 0. The highest BCUT2D eigenvalue weighted by Crippen LogP contribution is 2.43. The second-order valence-electron chi connectivity index (χ2n) is 17.5. The number of hydrogen-bond acceptors (Lipinski definition) is 7. The molecule has 0 rings (SSSR count). The van der Waals surface area contributed by atoms with E-state index in [-0.39, 0.29) is 25.6 Å². The molecule has 9 nitrogen and oxygen atoms in total. The maximum Gasteiger partial charge on any atom is 0.472 e. The van der Waals surface area contributed by atoms with E-state index in [1.807, 2.05) is 21.1 Å². The molecule has 2 atom stereocenters. The van der Waals surface area contributed by atoms with Crippen LogP contribution in [0.5, 0.6) is 0 Å². The van der Waals surface area contributed by atoms with Crippen molar-refractivity contribution in [3.05, 3.63) is 24.3 Å². The molecule has 0 aromatic heterocycles. The molecule has 0 bridgehead atoms. The van der Waals surface area contributed by atoms with Crippen molar-refractivity contribution in [2.45, 2.75) is 225 Å². The van der Waals surface area contributed by atoms with E-state index >= 15 is 0 Å². The van der Waals surface area contributed by atoms with Crippen molar-refractivity contribution in [3.8, 4) is 0 Å². The highest BCUT2D eigenvalue weighted by atomic mass is 31.2. The summed E-state index contributed by atoms with van der Waals surface area (Å²) in [5, 5.41) is 0. The first-order chi connectivity index (χ1) is 28.0. The molecule has 1 N–H and O–H groups in total. The number of unbranched alkanes of at least 4 members (excludes halogenated alkanes) is 26. The number of quaternary nitrogens is 1. The van der Waals surface area contributed by atoms with E-state index in [0.717, 1.165) is 38.5 Å². The number of carbonyl (C=O) groups excluding carboxylic acids is 2. The van der Waals surface area contributed by atoms with Crippen LogP contribution >= 0.6 is 7.82 Å². The highest BCUT2D eigenvalue weighted by Gasteiger charge is 2.27. The zero-order valence-corrected chi connectivity index (χ0v) is 39.4. The summed E-state index contributed by atoms with van der Waals surface area (Å²) in [7, 11) is 1.48. The Hall–Kier alpha value is -1.51. The largest absolute Gasteiger partial charge is 0.472 e. The van der Waals surface area contributed by atoms with Gasteiger partial charge in [-0.3, -0.25) is 18.6 Å². The Balaban J connectivity index is 4.21. The van der Waals surface area contributed by atoms with Gasteiger partial charge in [-0.05, 0) is 44.9 Å². The van der Waals surface area contributed by atoms with Crippen molar-refractivity contribution in [1.82, 2.24) is 0 Å². The van der Waals surface area contributed by atoms with Crippen LogP contribution in [0.2, 0.25) is 0 Å². The van der Waals surface area contributed by atoms with Crippen molar-refractivity contribution in [2.24, 2.45) is 0 Å². The van der Waals surface area contributed by atoms with Gasteiger partial charge in [0.1, 0.15) is 19.8 Å². The molecule has 10 heteroatoms. The number of phosphoric ester groups is 1. The molecule has 342 valence electrons. The predicted molar refractivity (Wildman–Crippen MR) is 243 cm³/mol. The summed E-state index contributed by atoms with van der Waals surface area (Å²) < 4.78 is 34.3. The molecule has 0 spiro atoms. The van der Waals surface area contributed by atoms with E-state index in [0.29, 0.717) is 23.9 Å². The van der Waals surface area contributed by atoms with E-state index in [1.54, 1.807) is 0 Å². The Kier molecular flexibility index (Phi) is 39.8. The Morgan fingerprint density at radius 3 is 1.36 bits per heavy atom. The average Bonchev–Trinajstić information content (AvgIpc) is 3.17. The first kappa shape index (κ1) is 56.5. The quantitative estimate of drug-likeness (QED) is 0.0212. The molecular weight excluding hydrogens is 750 g/mol. The number of allylic oxidation sites excluding steroid dienone is 4. The number of rotatable bonds is 44. The van der Waals surface area contributed by atoms with Crippen LogP contribution < -0.4 is 0 Å². The lowest BCUT2D eigenvalue weighted by Crippen LogP contribution is -2.37. The smallest absolute Gasteiger partial charge is 0.462 e. The van der Waals surface area contributed by atoms with Crippen LogP contribution in [0, 0.1) is 0 Å². The minimum Gasteiger partial charge on any atom is -0.462 e. The lowest BCUT2D eigenvalue weighted by molar-refractivity contribution is -0.870. The zero-order chi connectivity index (χ0) is 42.8. The predicted octanol–water partition coefficient (Wildman–Crippen LogP) is 13.9. The normalized spacial score (nSPS) is 13.7. The number of esters is 2. The third-order valence-electron chi connectivity index (χ3n) is 10.5. The maximum absolute atomic E-state index is 12.7. The zero-order valence-electron chi connectivity index (χ0n) is 38.5. The van der Waals surface area contributed by atoms with Gasteiger partial charge in [0.2, 0.25) is 0 Å². The first-order valence-corrected chi connectivity index (χ1v) is 25.6. The fraction of sp³-hybridized carbons (Fsp3) is 0.875. The molecule has 0 radical (unpaired) electrons. The van der Waals surface area contributed by atoms with Gasteiger partial charge in [0.15, 0.2) is 6.10 Å². The summed E-state index contributed by atoms with van der Waals surface area (Å²) >= 11 is 0. The molecule has 0 aromatic carbocycles. The van der Waals surface area contributed by atoms with Gasteiger partial charge in [-0.1, -0.05) is 186 Å². The topological polar surface area (TPSA) is 108 Å². The highest BCUT2D eigenvalue weighted by molar-refractivity contribution is 7.47. The number of likely N-dealkylation sites (N-methyl/N-ethyl adjacent to an activating group) is 1. The van der Waals surface area contributed by atoms with Crippen molar-refractivity contribution >= 4 is 19.8 Å². The molecule has 0 aromatic rings. The van der Waals surface area contributed by atoms with E-state index < -0.39 is 26.5 Å². The third-order valence-corrected chi connectivity index (χ3v) is 11.5. The minimum absolute atomic E-state index is 0.0334.